The number of hydrogen-bond donors (Lipinski definition) is 0. The van der Waals surface area contributed by atoms with Gasteiger partial charge in [-0.05, 0) is 25.0 Å². The molecule has 5 heteroatoms. The fraction of sp³-hybridized carbons (Fsp3) is 0.375. The highest BCUT2D eigenvalue weighted by Gasteiger charge is 2.19. The van der Waals surface area contributed by atoms with E-state index >= 15 is 0 Å². The monoisotopic (exact) mass is 304 g/mol. The minimum atomic E-state index is 0.0473. The molecular formula is C16H20N2O2S. The molecule has 21 heavy (non-hydrogen) atoms. The van der Waals surface area contributed by atoms with Crippen LogP contribution in [0.15, 0.2) is 35.4 Å². The van der Waals surface area contributed by atoms with E-state index in [0.717, 1.165) is 17.9 Å². The van der Waals surface area contributed by atoms with Gasteiger partial charge in [-0.1, -0.05) is 25.1 Å². The van der Waals surface area contributed by atoms with Gasteiger partial charge in [-0.3, -0.25) is 9.48 Å². The fourth-order valence-corrected chi connectivity index (χ4v) is 3.00. The SMILES string of the molecule is CCCn1ncc(OC)c1C(=O)CSc1ccccc1C. The van der Waals surface area contributed by atoms with Crippen molar-refractivity contribution < 1.29 is 9.53 Å². The van der Waals surface area contributed by atoms with Crippen molar-refractivity contribution in [2.45, 2.75) is 31.7 Å². The van der Waals surface area contributed by atoms with Crippen molar-refractivity contribution in [3.05, 3.63) is 41.7 Å². The highest BCUT2D eigenvalue weighted by atomic mass is 32.2. The maximum atomic E-state index is 12.5. The number of carbonyl (C=O) groups excluding carboxylic acids is 1. The summed E-state index contributed by atoms with van der Waals surface area (Å²) in [6.45, 7) is 4.83. The van der Waals surface area contributed by atoms with Crippen molar-refractivity contribution in [2.75, 3.05) is 12.9 Å². The van der Waals surface area contributed by atoms with Gasteiger partial charge in [0.25, 0.3) is 0 Å². The summed E-state index contributed by atoms with van der Waals surface area (Å²) in [7, 11) is 1.57. The van der Waals surface area contributed by atoms with Crippen LogP contribution in [0.25, 0.3) is 0 Å². The van der Waals surface area contributed by atoms with E-state index in [0.29, 0.717) is 17.2 Å². The molecule has 0 amide bonds. The molecule has 0 unspecified atom stereocenters. The van der Waals surface area contributed by atoms with Gasteiger partial charge in [-0.15, -0.1) is 11.8 Å². The average Bonchev–Trinajstić information content (AvgIpc) is 2.89. The van der Waals surface area contributed by atoms with Gasteiger partial charge in [0.15, 0.2) is 11.5 Å². The molecule has 4 nitrogen and oxygen atoms in total. The first-order chi connectivity index (χ1) is 10.2. The van der Waals surface area contributed by atoms with Crippen LogP contribution in [0.3, 0.4) is 0 Å². The van der Waals surface area contributed by atoms with E-state index < -0.39 is 0 Å². The molecular weight excluding hydrogens is 284 g/mol. The van der Waals surface area contributed by atoms with Gasteiger partial charge in [0, 0.05) is 11.4 Å². The molecule has 0 aliphatic carbocycles. The number of Topliss-reactive ketones (excluding diaryl/α,β-unsaturated/α-hetero) is 1. The number of ether oxygens (including phenoxy) is 1. The Hall–Kier alpha value is -1.75. The third kappa shape index (κ3) is 3.67. The second kappa shape index (κ2) is 7.31. The molecule has 2 rings (SSSR count). The number of ketones is 1. The second-order valence-corrected chi connectivity index (χ2v) is 5.78. The van der Waals surface area contributed by atoms with Gasteiger partial charge in [0.05, 0.1) is 19.1 Å². The fourth-order valence-electron chi connectivity index (χ4n) is 2.11. The molecule has 1 aromatic heterocycles. The van der Waals surface area contributed by atoms with E-state index in [1.165, 1.54) is 5.56 Å². The third-order valence-corrected chi connectivity index (χ3v) is 4.35. The summed E-state index contributed by atoms with van der Waals surface area (Å²) in [5.74, 6) is 0.987. The van der Waals surface area contributed by atoms with Crippen LogP contribution in [0.4, 0.5) is 0 Å². The zero-order valence-electron chi connectivity index (χ0n) is 12.6. The van der Waals surface area contributed by atoms with Crippen LogP contribution in [-0.2, 0) is 6.54 Å². The van der Waals surface area contributed by atoms with Crippen LogP contribution in [0, 0.1) is 6.92 Å². The summed E-state index contributed by atoms with van der Waals surface area (Å²) in [6.07, 6.45) is 2.54. The van der Waals surface area contributed by atoms with Crippen LogP contribution < -0.4 is 4.74 Å². The number of aromatic nitrogens is 2. The van der Waals surface area contributed by atoms with Crippen molar-refractivity contribution in [3.8, 4) is 5.75 Å². The first-order valence-corrected chi connectivity index (χ1v) is 7.97. The van der Waals surface area contributed by atoms with E-state index in [-0.39, 0.29) is 5.78 Å². The number of hydrogen-bond acceptors (Lipinski definition) is 4. The smallest absolute Gasteiger partial charge is 0.194 e. The number of carbonyl (C=O) groups is 1. The van der Waals surface area contributed by atoms with Gasteiger partial charge >= 0.3 is 0 Å². The van der Waals surface area contributed by atoms with Crippen molar-refractivity contribution in [1.29, 1.82) is 0 Å². The quantitative estimate of drug-likeness (QED) is 0.579. The van der Waals surface area contributed by atoms with Crippen LogP contribution >= 0.6 is 11.8 Å². The maximum Gasteiger partial charge on any atom is 0.194 e. The predicted octanol–water partition coefficient (Wildman–Crippen LogP) is 3.59. The predicted molar refractivity (Wildman–Crippen MR) is 85.3 cm³/mol. The number of thioether (sulfide) groups is 1. The van der Waals surface area contributed by atoms with Gasteiger partial charge in [0.2, 0.25) is 0 Å². The molecule has 0 bridgehead atoms. The van der Waals surface area contributed by atoms with E-state index in [1.807, 2.05) is 18.2 Å². The van der Waals surface area contributed by atoms with Crippen molar-refractivity contribution >= 4 is 17.5 Å². The van der Waals surface area contributed by atoms with Crippen LogP contribution in [0.1, 0.15) is 29.4 Å². The van der Waals surface area contributed by atoms with Crippen LogP contribution in [-0.4, -0.2) is 28.4 Å². The van der Waals surface area contributed by atoms with Gasteiger partial charge in [0.1, 0.15) is 5.69 Å². The summed E-state index contributed by atoms with van der Waals surface area (Å²) < 4.78 is 6.99. The Morgan fingerprint density at radius 3 is 2.81 bits per heavy atom. The number of methoxy groups -OCH3 is 1. The lowest BCUT2D eigenvalue weighted by atomic mass is 10.2. The van der Waals surface area contributed by atoms with Gasteiger partial charge in [-0.25, -0.2) is 0 Å². The Balaban J connectivity index is 2.13. The van der Waals surface area contributed by atoms with Gasteiger partial charge in [-0.2, -0.15) is 5.10 Å². The van der Waals surface area contributed by atoms with Crippen molar-refractivity contribution in [2.24, 2.45) is 0 Å². The lowest BCUT2D eigenvalue weighted by Gasteiger charge is -2.08. The molecule has 0 saturated carbocycles. The summed E-state index contributed by atoms with van der Waals surface area (Å²) in [4.78, 5) is 13.6. The number of rotatable bonds is 7. The molecule has 1 heterocycles. The Labute approximate surface area is 129 Å². The van der Waals surface area contributed by atoms with E-state index in [9.17, 15) is 4.79 Å². The molecule has 0 aliphatic heterocycles. The molecule has 0 atom stereocenters. The first kappa shape index (κ1) is 15.6. The highest BCUT2D eigenvalue weighted by molar-refractivity contribution is 8.00. The Morgan fingerprint density at radius 2 is 2.14 bits per heavy atom. The average molecular weight is 304 g/mol. The molecule has 0 spiro atoms. The summed E-state index contributed by atoms with van der Waals surface area (Å²) >= 11 is 1.55. The lowest BCUT2D eigenvalue weighted by molar-refractivity contribution is 0.100. The molecule has 0 N–H and O–H groups in total. The molecule has 2 aromatic rings. The third-order valence-electron chi connectivity index (χ3n) is 3.18. The number of aryl methyl sites for hydroxylation is 2. The van der Waals surface area contributed by atoms with E-state index in [4.69, 9.17) is 4.74 Å². The molecule has 0 radical (unpaired) electrons. The molecule has 0 saturated heterocycles. The Bertz CT molecular complexity index is 622. The van der Waals surface area contributed by atoms with E-state index in [2.05, 4.69) is 25.0 Å². The molecule has 0 aliphatic rings. The number of nitrogens with zero attached hydrogens (tertiary/aromatic N) is 2. The van der Waals surface area contributed by atoms with Gasteiger partial charge < -0.3 is 4.74 Å². The molecule has 1 aromatic carbocycles. The number of benzene rings is 1. The topological polar surface area (TPSA) is 44.1 Å². The first-order valence-electron chi connectivity index (χ1n) is 6.98. The standard InChI is InChI=1S/C16H20N2O2S/c1-4-9-18-16(14(20-3)10-17-18)13(19)11-21-15-8-6-5-7-12(15)2/h5-8,10H,4,9,11H2,1-3H3. The van der Waals surface area contributed by atoms with Crippen molar-refractivity contribution in [3.63, 3.8) is 0 Å². The Morgan fingerprint density at radius 1 is 1.38 bits per heavy atom. The summed E-state index contributed by atoms with van der Waals surface area (Å²) in [6, 6.07) is 8.07. The minimum Gasteiger partial charge on any atom is -0.493 e. The second-order valence-electron chi connectivity index (χ2n) is 4.76. The largest absolute Gasteiger partial charge is 0.493 e. The summed E-state index contributed by atoms with van der Waals surface area (Å²) in [5, 5.41) is 4.23. The molecule has 0 fully saturated rings. The van der Waals surface area contributed by atoms with Crippen molar-refractivity contribution in [1.82, 2.24) is 9.78 Å². The van der Waals surface area contributed by atoms with Crippen LogP contribution in [0.5, 0.6) is 5.75 Å². The zero-order valence-corrected chi connectivity index (χ0v) is 13.4. The Kier molecular flexibility index (Phi) is 5.44. The highest BCUT2D eigenvalue weighted by Crippen LogP contribution is 2.25. The maximum absolute atomic E-state index is 12.5. The minimum absolute atomic E-state index is 0.0473. The molecule has 112 valence electrons. The van der Waals surface area contributed by atoms with E-state index in [1.54, 1.807) is 29.8 Å². The lowest BCUT2D eigenvalue weighted by Crippen LogP contribution is -2.13. The normalized spacial score (nSPS) is 10.6. The van der Waals surface area contributed by atoms with Crippen LogP contribution in [0.2, 0.25) is 0 Å². The summed E-state index contributed by atoms with van der Waals surface area (Å²) in [5.41, 5.74) is 1.75. The zero-order chi connectivity index (χ0) is 15.2.